The molecule has 0 N–H and O–H groups in total. The van der Waals surface area contributed by atoms with Crippen LogP contribution in [0.4, 0.5) is 5.69 Å². The van der Waals surface area contributed by atoms with E-state index < -0.39 is 0 Å². The number of carbonyl (C=O) groups excluding carboxylic acids is 1. The van der Waals surface area contributed by atoms with E-state index >= 15 is 0 Å². The van der Waals surface area contributed by atoms with Crippen molar-refractivity contribution in [3.8, 4) is 0 Å². The van der Waals surface area contributed by atoms with E-state index in [1.54, 1.807) is 0 Å². The summed E-state index contributed by atoms with van der Waals surface area (Å²) in [5, 5.41) is 0. The largest absolute Gasteiger partial charge is 0.465 e. The van der Waals surface area contributed by atoms with Crippen LogP contribution in [0.15, 0.2) is 60.7 Å². The number of morpholine rings is 1. The molecule has 2 saturated heterocycles. The first kappa shape index (κ1) is 21.8. The van der Waals surface area contributed by atoms with E-state index in [4.69, 9.17) is 9.47 Å². The standard InChI is InChI=1S/C25H33N3O3/c1-2-31-25(29)24(28-17-19-30-20-18-28)23(21-9-5-3-6-10-21)27-15-13-26(14-16-27)22-11-7-4-8-12-22/h3-12,23-24H,2,13-20H2,1H3/t23-,24+/m0/s1. The Bertz CT molecular complexity index is 803. The number of rotatable bonds is 7. The van der Waals surface area contributed by atoms with Gasteiger partial charge in [-0.25, -0.2) is 0 Å². The molecule has 0 spiro atoms. The molecule has 0 saturated carbocycles. The van der Waals surface area contributed by atoms with Gasteiger partial charge >= 0.3 is 5.97 Å². The molecule has 2 aromatic rings. The summed E-state index contributed by atoms with van der Waals surface area (Å²) in [7, 11) is 0. The first-order chi connectivity index (χ1) is 15.3. The molecule has 2 aromatic carbocycles. The fraction of sp³-hybridized carbons (Fsp3) is 0.480. The van der Waals surface area contributed by atoms with Crippen molar-refractivity contribution in [2.75, 3.05) is 64.0 Å². The summed E-state index contributed by atoms with van der Waals surface area (Å²) in [6.45, 7) is 8.74. The predicted molar refractivity (Wildman–Crippen MR) is 122 cm³/mol. The summed E-state index contributed by atoms with van der Waals surface area (Å²) < 4.78 is 11.2. The average Bonchev–Trinajstić information content (AvgIpc) is 2.84. The van der Waals surface area contributed by atoms with E-state index in [0.717, 1.165) is 39.3 Å². The molecule has 0 aromatic heterocycles. The monoisotopic (exact) mass is 423 g/mol. The average molecular weight is 424 g/mol. The molecule has 0 amide bonds. The molecule has 166 valence electrons. The van der Waals surface area contributed by atoms with Crippen molar-refractivity contribution in [3.63, 3.8) is 0 Å². The highest BCUT2D eigenvalue weighted by Crippen LogP contribution is 2.31. The summed E-state index contributed by atoms with van der Waals surface area (Å²) in [5.74, 6) is -0.135. The zero-order valence-electron chi connectivity index (χ0n) is 18.4. The van der Waals surface area contributed by atoms with Crippen LogP contribution in [-0.4, -0.2) is 80.9 Å². The smallest absolute Gasteiger partial charge is 0.325 e. The van der Waals surface area contributed by atoms with E-state index in [1.165, 1.54) is 11.3 Å². The Morgan fingerprint density at radius 1 is 0.871 bits per heavy atom. The van der Waals surface area contributed by atoms with Crippen molar-refractivity contribution in [2.24, 2.45) is 0 Å². The van der Waals surface area contributed by atoms with Crippen molar-refractivity contribution < 1.29 is 14.3 Å². The van der Waals surface area contributed by atoms with Crippen LogP contribution < -0.4 is 4.90 Å². The van der Waals surface area contributed by atoms with E-state index in [2.05, 4.69) is 69.3 Å². The van der Waals surface area contributed by atoms with Gasteiger partial charge < -0.3 is 14.4 Å². The summed E-state index contributed by atoms with van der Waals surface area (Å²) in [6, 6.07) is 20.6. The van der Waals surface area contributed by atoms with Gasteiger partial charge in [-0.1, -0.05) is 48.5 Å². The summed E-state index contributed by atoms with van der Waals surface area (Å²) in [5.41, 5.74) is 2.42. The zero-order valence-corrected chi connectivity index (χ0v) is 18.4. The molecule has 0 unspecified atom stereocenters. The number of ether oxygens (including phenoxy) is 2. The van der Waals surface area contributed by atoms with E-state index in [9.17, 15) is 4.79 Å². The molecule has 0 radical (unpaired) electrons. The normalized spacial score (nSPS) is 20.2. The topological polar surface area (TPSA) is 45.2 Å². The Morgan fingerprint density at radius 2 is 1.48 bits per heavy atom. The number of hydrogen-bond donors (Lipinski definition) is 0. The van der Waals surface area contributed by atoms with Gasteiger partial charge in [0, 0.05) is 45.0 Å². The molecule has 2 aliphatic heterocycles. The molecule has 2 aliphatic rings. The number of nitrogens with zero attached hydrogens (tertiary/aromatic N) is 3. The molecule has 2 fully saturated rings. The third-order valence-electron chi connectivity index (χ3n) is 6.24. The summed E-state index contributed by atoms with van der Waals surface area (Å²) in [6.07, 6.45) is 0. The highest BCUT2D eigenvalue weighted by Gasteiger charge is 2.40. The predicted octanol–water partition coefficient (Wildman–Crippen LogP) is 2.81. The summed E-state index contributed by atoms with van der Waals surface area (Å²) in [4.78, 5) is 20.4. The van der Waals surface area contributed by atoms with Crippen LogP contribution in [0.2, 0.25) is 0 Å². The Labute approximate surface area is 185 Å². The van der Waals surface area contributed by atoms with Crippen molar-refractivity contribution in [3.05, 3.63) is 66.2 Å². The highest BCUT2D eigenvalue weighted by molar-refractivity contribution is 5.77. The number of piperazine rings is 1. The van der Waals surface area contributed by atoms with E-state index in [-0.39, 0.29) is 18.1 Å². The minimum atomic E-state index is -0.338. The van der Waals surface area contributed by atoms with Crippen molar-refractivity contribution >= 4 is 11.7 Å². The Balaban J connectivity index is 1.59. The number of esters is 1. The molecule has 4 rings (SSSR count). The van der Waals surface area contributed by atoms with Crippen LogP contribution in [0.25, 0.3) is 0 Å². The second kappa shape index (κ2) is 10.8. The first-order valence-corrected chi connectivity index (χ1v) is 11.4. The van der Waals surface area contributed by atoms with Crippen molar-refractivity contribution in [1.29, 1.82) is 0 Å². The highest BCUT2D eigenvalue weighted by atomic mass is 16.5. The zero-order chi connectivity index (χ0) is 21.5. The number of carbonyl (C=O) groups is 1. The summed E-state index contributed by atoms with van der Waals surface area (Å²) >= 11 is 0. The van der Waals surface area contributed by atoms with Gasteiger partial charge in [0.25, 0.3) is 0 Å². The van der Waals surface area contributed by atoms with Crippen LogP contribution in [0, 0.1) is 0 Å². The molecular weight excluding hydrogens is 390 g/mol. The number of benzene rings is 2. The van der Waals surface area contributed by atoms with Gasteiger partial charge in [-0.05, 0) is 24.6 Å². The minimum Gasteiger partial charge on any atom is -0.465 e. The second-order valence-corrected chi connectivity index (χ2v) is 8.06. The third kappa shape index (κ3) is 5.26. The van der Waals surface area contributed by atoms with E-state index in [0.29, 0.717) is 19.8 Å². The third-order valence-corrected chi connectivity index (χ3v) is 6.24. The molecular formula is C25H33N3O3. The van der Waals surface area contributed by atoms with Gasteiger partial charge in [-0.2, -0.15) is 0 Å². The van der Waals surface area contributed by atoms with Gasteiger partial charge in [0.05, 0.1) is 25.9 Å². The lowest BCUT2D eigenvalue weighted by atomic mass is 9.95. The van der Waals surface area contributed by atoms with Crippen LogP contribution in [0.3, 0.4) is 0 Å². The molecule has 2 atom stereocenters. The van der Waals surface area contributed by atoms with Gasteiger partial charge in [-0.3, -0.25) is 14.6 Å². The lowest BCUT2D eigenvalue weighted by Gasteiger charge is -2.45. The maximum atomic E-state index is 13.2. The van der Waals surface area contributed by atoms with Crippen LogP contribution in [0.1, 0.15) is 18.5 Å². The number of anilines is 1. The van der Waals surface area contributed by atoms with Gasteiger partial charge in [0.2, 0.25) is 0 Å². The molecule has 0 bridgehead atoms. The fourth-order valence-corrected chi connectivity index (χ4v) is 4.70. The Morgan fingerprint density at radius 3 is 2.10 bits per heavy atom. The quantitative estimate of drug-likeness (QED) is 0.638. The molecule has 6 nitrogen and oxygen atoms in total. The maximum absolute atomic E-state index is 13.2. The SMILES string of the molecule is CCOC(=O)[C@@H]([C@H](c1ccccc1)N1CCN(c2ccccc2)CC1)N1CCOCC1. The fourth-order valence-electron chi connectivity index (χ4n) is 4.70. The van der Waals surface area contributed by atoms with Gasteiger partial charge in [-0.15, -0.1) is 0 Å². The number of hydrogen-bond acceptors (Lipinski definition) is 6. The molecule has 31 heavy (non-hydrogen) atoms. The van der Waals surface area contributed by atoms with Gasteiger partial charge in [0.15, 0.2) is 0 Å². The maximum Gasteiger partial charge on any atom is 0.325 e. The lowest BCUT2D eigenvalue weighted by molar-refractivity contribution is -0.155. The van der Waals surface area contributed by atoms with Crippen molar-refractivity contribution in [1.82, 2.24) is 9.80 Å². The van der Waals surface area contributed by atoms with Crippen molar-refractivity contribution in [2.45, 2.75) is 19.0 Å². The molecule has 6 heteroatoms. The van der Waals surface area contributed by atoms with E-state index in [1.807, 2.05) is 13.0 Å². The van der Waals surface area contributed by atoms with Crippen LogP contribution >= 0.6 is 0 Å². The molecule has 2 heterocycles. The first-order valence-electron chi connectivity index (χ1n) is 11.4. The molecule has 0 aliphatic carbocycles. The van der Waals surface area contributed by atoms with Crippen LogP contribution in [-0.2, 0) is 14.3 Å². The number of para-hydroxylation sites is 1. The minimum absolute atomic E-state index is 0.0451. The Kier molecular flexibility index (Phi) is 7.57. The second-order valence-electron chi connectivity index (χ2n) is 8.06. The van der Waals surface area contributed by atoms with Gasteiger partial charge in [0.1, 0.15) is 6.04 Å². The Hall–Kier alpha value is -2.41. The van der Waals surface area contributed by atoms with Crippen LogP contribution in [0.5, 0.6) is 0 Å². The lowest BCUT2D eigenvalue weighted by Crippen LogP contribution is -2.57.